The van der Waals surface area contributed by atoms with Gasteiger partial charge in [0.1, 0.15) is 0 Å². The van der Waals surface area contributed by atoms with E-state index in [2.05, 4.69) is 36.4 Å². The van der Waals surface area contributed by atoms with E-state index in [4.69, 9.17) is 0 Å². The number of carbonyl (C=O) groups excluding carboxylic acids is 1. The summed E-state index contributed by atoms with van der Waals surface area (Å²) in [5.74, 6) is 0.242. The highest BCUT2D eigenvalue weighted by atomic mass is 16.2. The number of rotatable bonds is 6. The maximum Gasteiger partial charge on any atom is 0.227 e. The molecule has 1 saturated carbocycles. The van der Waals surface area contributed by atoms with Crippen molar-refractivity contribution in [2.45, 2.75) is 51.6 Å². The summed E-state index contributed by atoms with van der Waals surface area (Å²) in [5, 5.41) is 6.47. The van der Waals surface area contributed by atoms with Gasteiger partial charge in [0.25, 0.3) is 0 Å². The zero-order valence-electron chi connectivity index (χ0n) is 12.0. The topological polar surface area (TPSA) is 44.4 Å². The second-order valence-electron chi connectivity index (χ2n) is 6.02. The molecule has 104 valence electrons. The summed E-state index contributed by atoms with van der Waals surface area (Å²) in [6.45, 7) is 6.89. The van der Waals surface area contributed by atoms with Crippen molar-refractivity contribution in [3.63, 3.8) is 0 Å². The van der Waals surface area contributed by atoms with Crippen LogP contribution in [0.2, 0.25) is 0 Å². The molecule has 2 rings (SSSR count). The van der Waals surface area contributed by atoms with Crippen molar-refractivity contribution in [1.82, 2.24) is 15.5 Å². The van der Waals surface area contributed by atoms with Crippen molar-refractivity contribution in [1.29, 1.82) is 0 Å². The van der Waals surface area contributed by atoms with Crippen molar-refractivity contribution in [2.75, 3.05) is 26.7 Å². The van der Waals surface area contributed by atoms with Gasteiger partial charge in [-0.15, -0.1) is 0 Å². The zero-order chi connectivity index (χ0) is 13.2. The smallest absolute Gasteiger partial charge is 0.227 e. The third-order valence-electron chi connectivity index (χ3n) is 4.78. The predicted octanol–water partition coefficient (Wildman–Crippen LogP) is 0.975. The van der Waals surface area contributed by atoms with Gasteiger partial charge in [-0.1, -0.05) is 6.92 Å². The Morgan fingerprint density at radius 2 is 2.28 bits per heavy atom. The average Bonchev–Trinajstić information content (AvgIpc) is 3.12. The number of carbonyl (C=O) groups is 1. The molecule has 0 aromatic rings. The van der Waals surface area contributed by atoms with E-state index in [1.54, 1.807) is 0 Å². The molecule has 4 nitrogen and oxygen atoms in total. The molecule has 2 aliphatic rings. The molecule has 1 aliphatic carbocycles. The molecule has 2 fully saturated rings. The highest BCUT2D eigenvalue weighted by Gasteiger charge is 2.39. The monoisotopic (exact) mass is 253 g/mol. The van der Waals surface area contributed by atoms with Crippen LogP contribution >= 0.6 is 0 Å². The van der Waals surface area contributed by atoms with Crippen molar-refractivity contribution in [3.05, 3.63) is 0 Å². The molecule has 1 heterocycles. The minimum atomic E-state index is -0.155. The van der Waals surface area contributed by atoms with Crippen LogP contribution in [-0.4, -0.2) is 49.6 Å². The molecule has 0 spiro atoms. The summed E-state index contributed by atoms with van der Waals surface area (Å²) in [6, 6.07) is 1.19. The molecule has 2 unspecified atom stereocenters. The lowest BCUT2D eigenvalue weighted by Gasteiger charge is -2.29. The lowest BCUT2D eigenvalue weighted by atomic mass is 9.83. The van der Waals surface area contributed by atoms with E-state index >= 15 is 0 Å². The van der Waals surface area contributed by atoms with Crippen LogP contribution in [0.4, 0.5) is 0 Å². The van der Waals surface area contributed by atoms with Crippen LogP contribution in [-0.2, 0) is 4.79 Å². The number of amides is 1. The van der Waals surface area contributed by atoms with Gasteiger partial charge >= 0.3 is 0 Å². The van der Waals surface area contributed by atoms with Crippen molar-refractivity contribution in [2.24, 2.45) is 5.41 Å². The fraction of sp³-hybridized carbons (Fsp3) is 0.929. The molecule has 18 heavy (non-hydrogen) atoms. The van der Waals surface area contributed by atoms with E-state index in [0.29, 0.717) is 6.04 Å². The summed E-state index contributed by atoms with van der Waals surface area (Å²) >= 11 is 0. The molecular formula is C14H27N3O. The summed E-state index contributed by atoms with van der Waals surface area (Å²) in [7, 11) is 2.17. The molecule has 0 aromatic heterocycles. The van der Waals surface area contributed by atoms with Gasteiger partial charge in [0, 0.05) is 25.2 Å². The second kappa shape index (κ2) is 5.57. The summed E-state index contributed by atoms with van der Waals surface area (Å²) in [5.41, 5.74) is -0.155. The Balaban J connectivity index is 1.79. The highest BCUT2D eigenvalue weighted by molar-refractivity contribution is 5.83. The molecule has 2 N–H and O–H groups in total. The van der Waals surface area contributed by atoms with Gasteiger partial charge in [-0.3, -0.25) is 9.69 Å². The first-order chi connectivity index (χ1) is 8.59. The van der Waals surface area contributed by atoms with E-state index in [-0.39, 0.29) is 11.3 Å². The molecular weight excluding hydrogens is 226 g/mol. The van der Waals surface area contributed by atoms with Crippen molar-refractivity contribution < 1.29 is 4.79 Å². The summed E-state index contributed by atoms with van der Waals surface area (Å²) in [4.78, 5) is 14.7. The van der Waals surface area contributed by atoms with E-state index in [1.807, 2.05) is 0 Å². The van der Waals surface area contributed by atoms with Crippen LogP contribution in [0.5, 0.6) is 0 Å². The van der Waals surface area contributed by atoms with Gasteiger partial charge in [-0.25, -0.2) is 0 Å². The zero-order valence-corrected chi connectivity index (χ0v) is 12.0. The first-order valence-corrected chi connectivity index (χ1v) is 7.30. The maximum atomic E-state index is 12.3. The van der Waals surface area contributed by atoms with Gasteiger partial charge in [0.15, 0.2) is 0 Å². The van der Waals surface area contributed by atoms with Crippen LogP contribution in [0.15, 0.2) is 0 Å². The van der Waals surface area contributed by atoms with Crippen molar-refractivity contribution >= 4 is 5.91 Å². The molecule has 1 aliphatic heterocycles. The van der Waals surface area contributed by atoms with E-state index in [1.165, 1.54) is 12.8 Å². The largest absolute Gasteiger partial charge is 0.354 e. The SMILES string of the molecule is CCC1(C(=O)NCC(C)N(C)C2CC2)CCNC1. The van der Waals surface area contributed by atoms with Crippen molar-refractivity contribution in [3.8, 4) is 0 Å². The number of hydrogen-bond donors (Lipinski definition) is 2. The van der Waals surface area contributed by atoms with Crippen LogP contribution in [0.3, 0.4) is 0 Å². The first-order valence-electron chi connectivity index (χ1n) is 7.30. The molecule has 4 heteroatoms. The number of likely N-dealkylation sites (N-methyl/N-ethyl adjacent to an activating group) is 1. The summed E-state index contributed by atoms with van der Waals surface area (Å²) in [6.07, 6.45) is 4.54. The molecule has 1 saturated heterocycles. The van der Waals surface area contributed by atoms with Gasteiger partial charge in [0.2, 0.25) is 5.91 Å². The fourth-order valence-electron chi connectivity index (χ4n) is 2.81. The average molecular weight is 253 g/mol. The Bertz CT molecular complexity index is 295. The van der Waals surface area contributed by atoms with Crippen LogP contribution in [0.1, 0.15) is 39.5 Å². The minimum Gasteiger partial charge on any atom is -0.354 e. The number of hydrogen-bond acceptors (Lipinski definition) is 3. The highest BCUT2D eigenvalue weighted by Crippen LogP contribution is 2.30. The third kappa shape index (κ3) is 2.86. The number of nitrogens with one attached hydrogen (secondary N) is 2. The van der Waals surface area contributed by atoms with E-state index < -0.39 is 0 Å². The molecule has 0 radical (unpaired) electrons. The van der Waals surface area contributed by atoms with Gasteiger partial charge in [-0.05, 0) is 46.2 Å². The van der Waals surface area contributed by atoms with E-state index in [9.17, 15) is 4.79 Å². The maximum absolute atomic E-state index is 12.3. The Hall–Kier alpha value is -0.610. The Labute approximate surface area is 110 Å². The Morgan fingerprint density at radius 3 is 2.78 bits per heavy atom. The fourth-order valence-corrected chi connectivity index (χ4v) is 2.81. The Morgan fingerprint density at radius 1 is 1.56 bits per heavy atom. The minimum absolute atomic E-state index is 0.155. The molecule has 0 bridgehead atoms. The van der Waals surface area contributed by atoms with Gasteiger partial charge in [-0.2, -0.15) is 0 Å². The van der Waals surface area contributed by atoms with Crippen LogP contribution in [0, 0.1) is 5.41 Å². The quantitative estimate of drug-likeness (QED) is 0.741. The third-order valence-corrected chi connectivity index (χ3v) is 4.78. The van der Waals surface area contributed by atoms with E-state index in [0.717, 1.165) is 38.5 Å². The molecule has 1 amide bonds. The normalized spacial score (nSPS) is 29.6. The molecule has 0 aromatic carbocycles. The predicted molar refractivity (Wildman–Crippen MR) is 73.5 cm³/mol. The standard InChI is InChI=1S/C14H27N3O/c1-4-14(7-8-15-10-14)13(18)16-9-11(2)17(3)12-5-6-12/h11-12,15H,4-10H2,1-3H3,(H,16,18). The summed E-state index contributed by atoms with van der Waals surface area (Å²) < 4.78 is 0. The lowest BCUT2D eigenvalue weighted by Crippen LogP contribution is -2.47. The molecule has 2 atom stereocenters. The second-order valence-corrected chi connectivity index (χ2v) is 6.02. The van der Waals surface area contributed by atoms with Gasteiger partial charge in [0.05, 0.1) is 5.41 Å². The van der Waals surface area contributed by atoms with Crippen LogP contribution in [0.25, 0.3) is 0 Å². The lowest BCUT2D eigenvalue weighted by molar-refractivity contribution is -0.130. The van der Waals surface area contributed by atoms with Gasteiger partial charge < -0.3 is 10.6 Å². The van der Waals surface area contributed by atoms with Crippen LogP contribution < -0.4 is 10.6 Å². The first kappa shape index (κ1) is 13.8. The Kier molecular flexibility index (Phi) is 4.28. The number of nitrogens with zero attached hydrogens (tertiary/aromatic N) is 1.